The average Bonchev–Trinajstić information content (AvgIpc) is 2.00. The second-order valence-corrected chi connectivity index (χ2v) is 2.63. The molecule has 1 atom stereocenters. The fourth-order valence-electron chi connectivity index (χ4n) is 0.586. The summed E-state index contributed by atoms with van der Waals surface area (Å²) in [6, 6.07) is 0. The number of nitrogens with one attached hydrogen (secondary N) is 1. The zero-order chi connectivity index (χ0) is 8.69. The predicted molar refractivity (Wildman–Crippen MR) is 47.7 cm³/mol. The first-order chi connectivity index (χ1) is 5.22. The van der Waals surface area contributed by atoms with Gasteiger partial charge in [-0.15, -0.1) is 12.6 Å². The van der Waals surface area contributed by atoms with Gasteiger partial charge in [0.05, 0.1) is 6.61 Å². The lowest BCUT2D eigenvalue weighted by molar-refractivity contribution is -0.143. The van der Waals surface area contributed by atoms with Gasteiger partial charge < -0.3 is 4.74 Å². The number of rotatable bonds is 5. The molecule has 11 heavy (non-hydrogen) atoms. The van der Waals surface area contributed by atoms with Gasteiger partial charge in [-0.05, 0) is 19.9 Å². The van der Waals surface area contributed by atoms with Gasteiger partial charge in [0.1, 0.15) is 5.37 Å². The lowest BCUT2D eigenvalue weighted by Crippen LogP contribution is -2.33. The minimum absolute atomic E-state index is 0.302. The molecule has 0 spiro atoms. The summed E-state index contributed by atoms with van der Waals surface area (Å²) in [7, 11) is 0. The Hall–Kier alpha value is -0.220. The highest BCUT2D eigenvalue weighted by Crippen LogP contribution is 1.93. The normalized spacial score (nSPS) is 12.6. The lowest BCUT2D eigenvalue weighted by Gasteiger charge is -2.10. The molecular weight excluding hydrogens is 162 g/mol. The monoisotopic (exact) mass is 177 g/mol. The van der Waals surface area contributed by atoms with Gasteiger partial charge in [0.15, 0.2) is 0 Å². The third-order valence-electron chi connectivity index (χ3n) is 1.10. The van der Waals surface area contributed by atoms with Crippen molar-refractivity contribution in [3.63, 3.8) is 0 Å². The highest BCUT2D eigenvalue weighted by molar-refractivity contribution is 7.81. The van der Waals surface area contributed by atoms with E-state index in [2.05, 4.69) is 17.9 Å². The molecule has 0 aliphatic rings. The topological polar surface area (TPSA) is 38.3 Å². The van der Waals surface area contributed by atoms with E-state index < -0.39 is 5.37 Å². The fraction of sp³-hybridized carbons (Fsp3) is 0.857. The molecule has 0 saturated heterocycles. The first-order valence-electron chi connectivity index (χ1n) is 3.80. The number of esters is 1. The van der Waals surface area contributed by atoms with Crippen LogP contribution in [0.4, 0.5) is 0 Å². The van der Waals surface area contributed by atoms with Crippen molar-refractivity contribution in [3.8, 4) is 0 Å². The van der Waals surface area contributed by atoms with Crippen LogP contribution in [0.2, 0.25) is 0 Å². The van der Waals surface area contributed by atoms with Gasteiger partial charge in [-0.3, -0.25) is 5.32 Å². The third-order valence-corrected chi connectivity index (χ3v) is 1.49. The van der Waals surface area contributed by atoms with Crippen molar-refractivity contribution in [3.05, 3.63) is 0 Å². The van der Waals surface area contributed by atoms with E-state index in [0.717, 1.165) is 13.0 Å². The van der Waals surface area contributed by atoms with E-state index in [1.54, 1.807) is 6.92 Å². The molecule has 1 N–H and O–H groups in total. The second-order valence-electron chi connectivity index (χ2n) is 2.11. The molecule has 0 aromatic carbocycles. The first-order valence-corrected chi connectivity index (χ1v) is 4.32. The van der Waals surface area contributed by atoms with Gasteiger partial charge in [-0.2, -0.15) is 0 Å². The Morgan fingerprint density at radius 1 is 1.64 bits per heavy atom. The molecule has 1 unspecified atom stereocenters. The molecule has 66 valence electrons. The molecule has 0 fully saturated rings. The molecule has 0 bridgehead atoms. The number of ether oxygens (including phenoxy) is 1. The number of carbonyl (C=O) groups is 1. The Labute approximate surface area is 72.9 Å². The molecule has 0 radical (unpaired) electrons. The minimum Gasteiger partial charge on any atom is -0.464 e. The van der Waals surface area contributed by atoms with Crippen molar-refractivity contribution < 1.29 is 9.53 Å². The standard InChI is InChI=1S/C7H15NO2S/c1-3-5-8-6(11)7(9)10-4-2/h6,8,11H,3-5H2,1-2H3. The van der Waals surface area contributed by atoms with Gasteiger partial charge in [0, 0.05) is 0 Å². The summed E-state index contributed by atoms with van der Waals surface area (Å²) in [4.78, 5) is 10.9. The largest absolute Gasteiger partial charge is 0.464 e. The maximum atomic E-state index is 10.9. The van der Waals surface area contributed by atoms with Crippen LogP contribution in [-0.4, -0.2) is 24.5 Å². The van der Waals surface area contributed by atoms with Crippen LogP contribution in [0.1, 0.15) is 20.3 Å². The van der Waals surface area contributed by atoms with E-state index in [-0.39, 0.29) is 5.97 Å². The van der Waals surface area contributed by atoms with Crippen LogP contribution in [0.5, 0.6) is 0 Å². The summed E-state index contributed by atoms with van der Waals surface area (Å²) in [5.41, 5.74) is 0. The molecule has 0 heterocycles. The van der Waals surface area contributed by atoms with E-state index in [1.165, 1.54) is 0 Å². The summed E-state index contributed by atoms with van der Waals surface area (Å²) in [6.45, 7) is 4.99. The van der Waals surface area contributed by atoms with E-state index in [0.29, 0.717) is 6.61 Å². The maximum Gasteiger partial charge on any atom is 0.333 e. The minimum atomic E-state index is -0.477. The predicted octanol–water partition coefficient (Wildman–Crippen LogP) is 0.805. The first kappa shape index (κ1) is 10.8. The van der Waals surface area contributed by atoms with Crippen molar-refractivity contribution >= 4 is 18.6 Å². The highest BCUT2D eigenvalue weighted by atomic mass is 32.1. The number of hydrogen-bond acceptors (Lipinski definition) is 4. The van der Waals surface area contributed by atoms with Crippen LogP contribution >= 0.6 is 12.6 Å². The van der Waals surface area contributed by atoms with Crippen LogP contribution in [0.3, 0.4) is 0 Å². The van der Waals surface area contributed by atoms with Crippen molar-refractivity contribution in [2.45, 2.75) is 25.6 Å². The van der Waals surface area contributed by atoms with E-state index >= 15 is 0 Å². The second kappa shape index (κ2) is 6.49. The van der Waals surface area contributed by atoms with Gasteiger partial charge in [0.2, 0.25) is 0 Å². The van der Waals surface area contributed by atoms with Crippen molar-refractivity contribution in [1.29, 1.82) is 0 Å². The molecule has 0 aliphatic heterocycles. The Kier molecular flexibility index (Phi) is 6.36. The Bertz CT molecular complexity index is 119. The van der Waals surface area contributed by atoms with Gasteiger partial charge >= 0.3 is 5.97 Å². The molecule has 0 rings (SSSR count). The number of carbonyl (C=O) groups excluding carboxylic acids is 1. The molecule has 0 aromatic heterocycles. The third kappa shape index (κ3) is 5.09. The molecule has 0 saturated carbocycles. The van der Waals surface area contributed by atoms with Gasteiger partial charge in [0.25, 0.3) is 0 Å². The SMILES string of the molecule is CCCNC(S)C(=O)OCC. The van der Waals surface area contributed by atoms with E-state index in [4.69, 9.17) is 4.74 Å². The van der Waals surface area contributed by atoms with Crippen LogP contribution < -0.4 is 5.32 Å². The quantitative estimate of drug-likeness (QED) is 0.371. The summed E-state index contributed by atoms with van der Waals surface area (Å²) < 4.78 is 4.72. The zero-order valence-corrected chi connectivity index (χ0v) is 7.86. The highest BCUT2D eigenvalue weighted by Gasteiger charge is 2.12. The summed E-state index contributed by atoms with van der Waals surface area (Å²) in [5, 5.41) is 2.43. The molecule has 0 aromatic rings. The van der Waals surface area contributed by atoms with E-state index in [1.807, 2.05) is 6.92 Å². The average molecular weight is 177 g/mol. The Morgan fingerprint density at radius 3 is 2.73 bits per heavy atom. The molecule has 3 nitrogen and oxygen atoms in total. The molecule has 4 heteroatoms. The summed E-state index contributed by atoms with van der Waals surface area (Å²) in [5.74, 6) is -0.302. The maximum absolute atomic E-state index is 10.9. The van der Waals surface area contributed by atoms with Gasteiger partial charge in [-0.25, -0.2) is 4.79 Å². The van der Waals surface area contributed by atoms with Crippen molar-refractivity contribution in [2.24, 2.45) is 0 Å². The lowest BCUT2D eigenvalue weighted by atomic mass is 10.5. The summed E-state index contributed by atoms with van der Waals surface area (Å²) in [6.07, 6.45) is 0.983. The fourth-order valence-corrected chi connectivity index (χ4v) is 0.789. The molecule has 0 aliphatic carbocycles. The van der Waals surface area contributed by atoms with E-state index in [9.17, 15) is 4.79 Å². The van der Waals surface area contributed by atoms with Crippen molar-refractivity contribution in [2.75, 3.05) is 13.2 Å². The summed E-state index contributed by atoms with van der Waals surface area (Å²) >= 11 is 4.01. The smallest absolute Gasteiger partial charge is 0.333 e. The molecule has 0 amide bonds. The van der Waals surface area contributed by atoms with Crippen LogP contribution in [-0.2, 0) is 9.53 Å². The molecular formula is C7H15NO2S. The van der Waals surface area contributed by atoms with Crippen LogP contribution in [0.15, 0.2) is 0 Å². The van der Waals surface area contributed by atoms with Crippen molar-refractivity contribution in [1.82, 2.24) is 5.32 Å². The van der Waals surface area contributed by atoms with Gasteiger partial charge in [-0.1, -0.05) is 6.92 Å². The number of hydrogen-bond donors (Lipinski definition) is 2. The number of thiol groups is 1. The zero-order valence-electron chi connectivity index (χ0n) is 6.96. The Balaban J connectivity index is 3.46. The Morgan fingerprint density at radius 2 is 2.27 bits per heavy atom. The van der Waals surface area contributed by atoms with Crippen LogP contribution in [0.25, 0.3) is 0 Å². The van der Waals surface area contributed by atoms with Crippen LogP contribution in [0, 0.1) is 0 Å².